The summed E-state index contributed by atoms with van der Waals surface area (Å²) in [4.78, 5) is 25.5. The number of rotatable bonds is 4. The van der Waals surface area contributed by atoms with Crippen molar-refractivity contribution in [1.29, 1.82) is 0 Å². The van der Waals surface area contributed by atoms with Crippen LogP contribution in [-0.2, 0) is 9.53 Å². The Hall–Kier alpha value is -1.30. The van der Waals surface area contributed by atoms with Crippen LogP contribution in [0.4, 0.5) is 4.79 Å². The molecule has 0 radical (unpaired) electrons. The maximum absolute atomic E-state index is 11.9. The Balaban J connectivity index is 2.65. The minimum absolute atomic E-state index is 0.374. The van der Waals surface area contributed by atoms with Gasteiger partial charge in [0.2, 0.25) is 0 Å². The van der Waals surface area contributed by atoms with E-state index in [1.165, 1.54) is 0 Å². The van der Waals surface area contributed by atoms with E-state index in [0.717, 1.165) is 13.0 Å². The molecule has 1 fully saturated rings. The number of hydrogen-bond acceptors (Lipinski definition) is 4. The molecule has 128 valence electrons. The summed E-state index contributed by atoms with van der Waals surface area (Å²) >= 11 is 0. The maximum Gasteiger partial charge on any atom is 0.407 e. The lowest BCUT2D eigenvalue weighted by molar-refractivity contribution is -0.157. The second kappa shape index (κ2) is 6.44. The highest BCUT2D eigenvalue weighted by Crippen LogP contribution is 2.43. The molecule has 2 N–H and O–H groups in total. The van der Waals surface area contributed by atoms with Crippen LogP contribution in [0.1, 0.15) is 54.4 Å². The van der Waals surface area contributed by atoms with Crippen LogP contribution < -0.4 is 5.32 Å². The summed E-state index contributed by atoms with van der Waals surface area (Å²) in [6, 6.07) is 0. The Morgan fingerprint density at radius 1 is 1.23 bits per heavy atom. The van der Waals surface area contributed by atoms with Gasteiger partial charge in [0.05, 0.1) is 0 Å². The number of alkyl carbamates (subject to hydrolysis) is 1. The van der Waals surface area contributed by atoms with E-state index in [9.17, 15) is 14.7 Å². The normalized spacial score (nSPS) is 23.4. The molecule has 0 aromatic rings. The van der Waals surface area contributed by atoms with E-state index in [-0.39, 0.29) is 5.41 Å². The zero-order chi connectivity index (χ0) is 17.2. The number of amides is 1. The van der Waals surface area contributed by atoms with Gasteiger partial charge < -0.3 is 15.2 Å². The zero-order valence-corrected chi connectivity index (χ0v) is 14.7. The van der Waals surface area contributed by atoms with Crippen molar-refractivity contribution in [3.63, 3.8) is 0 Å². The first kappa shape index (κ1) is 18.7. The molecule has 1 atom stereocenters. The molecule has 1 heterocycles. The van der Waals surface area contributed by atoms with E-state index < -0.39 is 23.2 Å². The summed E-state index contributed by atoms with van der Waals surface area (Å²) < 4.78 is 5.18. The fourth-order valence-corrected chi connectivity index (χ4v) is 3.20. The van der Waals surface area contributed by atoms with Gasteiger partial charge in [-0.25, -0.2) is 4.79 Å². The molecule has 0 aromatic heterocycles. The molecule has 0 bridgehead atoms. The summed E-state index contributed by atoms with van der Waals surface area (Å²) in [5, 5.41) is 12.5. The Morgan fingerprint density at radius 2 is 1.82 bits per heavy atom. The van der Waals surface area contributed by atoms with Crippen LogP contribution in [0.3, 0.4) is 0 Å². The van der Waals surface area contributed by atoms with Crippen LogP contribution in [0.15, 0.2) is 0 Å². The van der Waals surface area contributed by atoms with Crippen LogP contribution in [0.2, 0.25) is 0 Å². The van der Waals surface area contributed by atoms with Gasteiger partial charge in [-0.05, 0) is 45.6 Å². The molecule has 1 aliphatic heterocycles. The standard InChI is InChI=1S/C16H30N2O4/c1-14(2,3)16(12(19)20)8-7-10-18(16)11-9-17-13(21)22-15(4,5)6/h7-11H2,1-6H3,(H,17,21)(H,19,20)/t16-/m0/s1. The minimum atomic E-state index is -0.872. The topological polar surface area (TPSA) is 78.9 Å². The molecule has 1 saturated heterocycles. The highest BCUT2D eigenvalue weighted by Gasteiger charge is 2.55. The van der Waals surface area contributed by atoms with E-state index in [1.54, 1.807) is 0 Å². The first-order valence-corrected chi connectivity index (χ1v) is 7.85. The lowest BCUT2D eigenvalue weighted by Crippen LogP contribution is -2.60. The van der Waals surface area contributed by atoms with Gasteiger partial charge >= 0.3 is 12.1 Å². The highest BCUT2D eigenvalue weighted by molar-refractivity contribution is 5.80. The molecule has 1 aliphatic rings. The third-order valence-corrected chi connectivity index (χ3v) is 4.15. The van der Waals surface area contributed by atoms with E-state index in [1.807, 2.05) is 46.4 Å². The number of carboxylic acid groups (broad SMARTS) is 1. The first-order chi connectivity index (χ1) is 9.90. The molecule has 0 aliphatic carbocycles. The molecule has 1 rings (SSSR count). The lowest BCUT2D eigenvalue weighted by Gasteiger charge is -2.44. The van der Waals surface area contributed by atoms with Crippen molar-refractivity contribution in [2.45, 2.75) is 65.5 Å². The molecule has 0 saturated carbocycles. The maximum atomic E-state index is 11.9. The molecule has 1 amide bonds. The molecule has 0 spiro atoms. The number of carboxylic acids is 1. The summed E-state index contributed by atoms with van der Waals surface area (Å²) in [6.07, 6.45) is 1.03. The molecule has 6 nitrogen and oxygen atoms in total. The van der Waals surface area contributed by atoms with Crippen molar-refractivity contribution in [2.24, 2.45) is 5.41 Å². The highest BCUT2D eigenvalue weighted by atomic mass is 16.6. The predicted octanol–water partition coefficient (Wildman–Crippen LogP) is 2.48. The minimum Gasteiger partial charge on any atom is -0.480 e. The van der Waals surface area contributed by atoms with Gasteiger partial charge in [0.25, 0.3) is 0 Å². The van der Waals surface area contributed by atoms with Crippen molar-refractivity contribution in [3.05, 3.63) is 0 Å². The van der Waals surface area contributed by atoms with Gasteiger partial charge in [-0.1, -0.05) is 20.8 Å². The van der Waals surface area contributed by atoms with E-state index >= 15 is 0 Å². The second-order valence-corrected chi connectivity index (χ2v) is 7.93. The smallest absolute Gasteiger partial charge is 0.407 e. The quantitative estimate of drug-likeness (QED) is 0.833. The van der Waals surface area contributed by atoms with Crippen LogP contribution in [0.25, 0.3) is 0 Å². The van der Waals surface area contributed by atoms with Crippen LogP contribution in [-0.4, -0.2) is 52.8 Å². The average Bonchev–Trinajstić information content (AvgIpc) is 2.70. The largest absolute Gasteiger partial charge is 0.480 e. The van der Waals surface area contributed by atoms with Gasteiger partial charge in [0.1, 0.15) is 11.1 Å². The van der Waals surface area contributed by atoms with Crippen molar-refractivity contribution in [3.8, 4) is 0 Å². The third-order valence-electron chi connectivity index (χ3n) is 4.15. The number of carbonyl (C=O) groups excluding carboxylic acids is 1. The molecule has 22 heavy (non-hydrogen) atoms. The Kier molecular flexibility index (Phi) is 5.49. The van der Waals surface area contributed by atoms with E-state index in [4.69, 9.17) is 4.74 Å². The summed E-state index contributed by atoms with van der Waals surface area (Å²) in [6.45, 7) is 12.9. The lowest BCUT2D eigenvalue weighted by atomic mass is 9.71. The number of aliphatic carboxylic acids is 1. The van der Waals surface area contributed by atoms with Crippen molar-refractivity contribution in [1.82, 2.24) is 10.2 Å². The van der Waals surface area contributed by atoms with Crippen LogP contribution in [0, 0.1) is 5.41 Å². The van der Waals surface area contributed by atoms with Crippen LogP contribution >= 0.6 is 0 Å². The number of hydrogen-bond donors (Lipinski definition) is 2. The van der Waals surface area contributed by atoms with Gasteiger partial charge in [-0.15, -0.1) is 0 Å². The monoisotopic (exact) mass is 314 g/mol. The van der Waals surface area contributed by atoms with Gasteiger partial charge in [0, 0.05) is 13.1 Å². The van der Waals surface area contributed by atoms with Crippen LogP contribution in [0.5, 0.6) is 0 Å². The molecule has 0 unspecified atom stereocenters. The summed E-state index contributed by atoms with van der Waals surface area (Å²) in [7, 11) is 0. The molecular formula is C16H30N2O4. The fraction of sp³-hybridized carbons (Fsp3) is 0.875. The Labute approximate surface area is 133 Å². The average molecular weight is 314 g/mol. The Bertz CT molecular complexity index is 423. The first-order valence-electron chi connectivity index (χ1n) is 7.85. The molecule has 0 aromatic carbocycles. The van der Waals surface area contributed by atoms with Crippen molar-refractivity contribution >= 4 is 12.1 Å². The van der Waals surface area contributed by atoms with Crippen molar-refractivity contribution in [2.75, 3.05) is 19.6 Å². The number of ether oxygens (including phenoxy) is 1. The number of nitrogens with one attached hydrogen (secondary N) is 1. The van der Waals surface area contributed by atoms with Gasteiger partial charge in [-0.2, -0.15) is 0 Å². The third kappa shape index (κ3) is 4.12. The van der Waals surface area contributed by atoms with Gasteiger partial charge in [0.15, 0.2) is 0 Å². The fourth-order valence-electron chi connectivity index (χ4n) is 3.20. The summed E-state index contributed by atoms with van der Waals surface area (Å²) in [5.74, 6) is -0.783. The molecule has 6 heteroatoms. The molecular weight excluding hydrogens is 284 g/mol. The van der Waals surface area contributed by atoms with E-state index in [0.29, 0.717) is 19.5 Å². The summed E-state index contributed by atoms with van der Waals surface area (Å²) in [5.41, 5.74) is -1.78. The second-order valence-electron chi connectivity index (χ2n) is 7.93. The zero-order valence-electron chi connectivity index (χ0n) is 14.7. The van der Waals surface area contributed by atoms with Gasteiger partial charge in [-0.3, -0.25) is 9.69 Å². The number of likely N-dealkylation sites (tertiary alicyclic amines) is 1. The van der Waals surface area contributed by atoms with E-state index in [2.05, 4.69) is 5.32 Å². The Morgan fingerprint density at radius 3 is 2.27 bits per heavy atom. The SMILES string of the molecule is CC(C)(C)OC(=O)NCCN1CCC[C@]1(C(=O)O)C(C)(C)C. The predicted molar refractivity (Wildman–Crippen MR) is 84.9 cm³/mol. The van der Waals surface area contributed by atoms with Crippen molar-refractivity contribution < 1.29 is 19.4 Å². The number of nitrogens with zero attached hydrogens (tertiary/aromatic N) is 1. The number of carbonyl (C=O) groups is 2.